The highest BCUT2D eigenvalue weighted by Gasteiger charge is 2.19. The molecule has 1 aliphatic rings. The normalized spacial score (nSPS) is 21.1. The van der Waals surface area contributed by atoms with Crippen molar-refractivity contribution in [3.63, 3.8) is 0 Å². The van der Waals surface area contributed by atoms with Crippen molar-refractivity contribution in [3.05, 3.63) is 24.0 Å². The van der Waals surface area contributed by atoms with Gasteiger partial charge in [0.05, 0.1) is 12.7 Å². The van der Waals surface area contributed by atoms with Crippen LogP contribution in [0.4, 0.5) is 10.1 Å². The monoisotopic (exact) mass is 270 g/mol. The second-order valence-corrected chi connectivity index (χ2v) is 5.45. The van der Waals surface area contributed by atoms with Gasteiger partial charge in [-0.2, -0.15) is 0 Å². The van der Waals surface area contributed by atoms with Crippen molar-refractivity contribution in [2.24, 2.45) is 0 Å². The van der Waals surface area contributed by atoms with Crippen molar-refractivity contribution in [1.82, 2.24) is 4.90 Å². The first-order valence-corrected chi connectivity index (χ1v) is 7.19. The van der Waals surface area contributed by atoms with E-state index in [0.717, 1.165) is 32.0 Å². The van der Waals surface area contributed by atoms with Crippen molar-refractivity contribution >= 4 is 17.4 Å². The summed E-state index contributed by atoms with van der Waals surface area (Å²) in [5, 5.41) is 0. The highest BCUT2D eigenvalue weighted by atomic mass is 32.2. The summed E-state index contributed by atoms with van der Waals surface area (Å²) < 4.78 is 19.3. The number of rotatable bonds is 4. The predicted octanol–water partition coefficient (Wildman–Crippen LogP) is 2.22. The summed E-state index contributed by atoms with van der Waals surface area (Å²) in [7, 11) is 0. The first-order chi connectivity index (χ1) is 8.69. The van der Waals surface area contributed by atoms with Gasteiger partial charge in [0.15, 0.2) is 0 Å². The van der Waals surface area contributed by atoms with E-state index in [0.29, 0.717) is 10.6 Å². The number of likely N-dealkylation sites (N-methyl/N-ethyl adjacent to an activating group) is 1. The molecule has 0 spiro atoms. The molecule has 3 nitrogen and oxygen atoms in total. The van der Waals surface area contributed by atoms with Crippen LogP contribution in [0.1, 0.15) is 6.92 Å². The lowest BCUT2D eigenvalue weighted by atomic mass is 10.3. The minimum atomic E-state index is -0.247. The van der Waals surface area contributed by atoms with Gasteiger partial charge in [0, 0.05) is 29.4 Å². The summed E-state index contributed by atoms with van der Waals surface area (Å²) >= 11 is 1.49. The van der Waals surface area contributed by atoms with E-state index in [-0.39, 0.29) is 11.9 Å². The Morgan fingerprint density at radius 3 is 3.11 bits per heavy atom. The minimum absolute atomic E-state index is 0.181. The maximum Gasteiger partial charge on any atom is 0.138 e. The van der Waals surface area contributed by atoms with E-state index in [4.69, 9.17) is 10.5 Å². The number of nitrogens with zero attached hydrogens (tertiary/aromatic N) is 1. The van der Waals surface area contributed by atoms with Crippen LogP contribution in [0.5, 0.6) is 0 Å². The van der Waals surface area contributed by atoms with Gasteiger partial charge in [-0.15, -0.1) is 11.8 Å². The van der Waals surface area contributed by atoms with Gasteiger partial charge < -0.3 is 10.5 Å². The fourth-order valence-corrected chi connectivity index (χ4v) is 2.91. The summed E-state index contributed by atoms with van der Waals surface area (Å²) in [5.74, 6) is 0.528. The third kappa shape index (κ3) is 3.60. The second-order valence-electron chi connectivity index (χ2n) is 4.39. The predicted molar refractivity (Wildman–Crippen MR) is 73.4 cm³/mol. The first kappa shape index (κ1) is 13.6. The summed E-state index contributed by atoms with van der Waals surface area (Å²) in [4.78, 5) is 3.00. The second kappa shape index (κ2) is 6.41. The zero-order valence-electron chi connectivity index (χ0n) is 10.6. The van der Waals surface area contributed by atoms with E-state index in [9.17, 15) is 4.39 Å². The zero-order valence-corrected chi connectivity index (χ0v) is 11.4. The Balaban J connectivity index is 1.87. The van der Waals surface area contributed by atoms with Crippen molar-refractivity contribution in [3.8, 4) is 0 Å². The molecule has 0 amide bonds. The van der Waals surface area contributed by atoms with Gasteiger partial charge in [0.25, 0.3) is 0 Å². The third-order valence-electron chi connectivity index (χ3n) is 3.05. The number of nitrogens with two attached hydrogens (primary N) is 1. The molecule has 0 bridgehead atoms. The van der Waals surface area contributed by atoms with Crippen LogP contribution in [0.2, 0.25) is 0 Å². The number of ether oxygens (including phenoxy) is 1. The van der Waals surface area contributed by atoms with Crippen LogP contribution in [0.15, 0.2) is 23.1 Å². The molecule has 0 aromatic heterocycles. The van der Waals surface area contributed by atoms with Gasteiger partial charge in [-0.25, -0.2) is 4.39 Å². The van der Waals surface area contributed by atoms with Crippen molar-refractivity contribution in [2.45, 2.75) is 17.9 Å². The maximum absolute atomic E-state index is 13.6. The Kier molecular flexibility index (Phi) is 4.86. The molecule has 0 saturated carbocycles. The summed E-state index contributed by atoms with van der Waals surface area (Å²) in [6.45, 7) is 5.88. The molecule has 100 valence electrons. The Morgan fingerprint density at radius 2 is 2.39 bits per heavy atom. The molecule has 1 fully saturated rings. The molecule has 0 aliphatic carbocycles. The quantitative estimate of drug-likeness (QED) is 0.672. The molecule has 1 aromatic rings. The van der Waals surface area contributed by atoms with Gasteiger partial charge in [-0.3, -0.25) is 4.90 Å². The van der Waals surface area contributed by atoms with E-state index in [1.54, 1.807) is 12.1 Å². The lowest BCUT2D eigenvalue weighted by molar-refractivity contribution is -0.0137. The molecule has 1 aromatic carbocycles. The van der Waals surface area contributed by atoms with E-state index >= 15 is 0 Å². The summed E-state index contributed by atoms with van der Waals surface area (Å²) in [6, 6.07) is 4.82. The molecule has 5 heteroatoms. The smallest absolute Gasteiger partial charge is 0.138 e. The molecular weight excluding hydrogens is 251 g/mol. The van der Waals surface area contributed by atoms with Crippen LogP contribution in [0.3, 0.4) is 0 Å². The lowest BCUT2D eigenvalue weighted by Crippen LogP contribution is -2.43. The highest BCUT2D eigenvalue weighted by Crippen LogP contribution is 2.25. The SMILES string of the molecule is CCN1CCOC(CSc2ccc(N)cc2F)C1. The van der Waals surface area contributed by atoms with Gasteiger partial charge in [-0.1, -0.05) is 6.92 Å². The third-order valence-corrected chi connectivity index (χ3v) is 4.23. The number of hydrogen-bond acceptors (Lipinski definition) is 4. The van der Waals surface area contributed by atoms with Crippen LogP contribution < -0.4 is 5.73 Å². The molecule has 2 rings (SSSR count). The van der Waals surface area contributed by atoms with E-state index in [1.807, 2.05) is 0 Å². The molecule has 1 saturated heterocycles. The standard InChI is InChI=1S/C13H19FN2OS/c1-2-16-5-6-17-11(8-16)9-18-13-4-3-10(15)7-12(13)14/h3-4,7,11H,2,5-6,8-9,15H2,1H3. The fraction of sp³-hybridized carbons (Fsp3) is 0.538. The number of thioether (sulfide) groups is 1. The van der Waals surface area contributed by atoms with Gasteiger partial charge in [0.1, 0.15) is 5.82 Å². The Morgan fingerprint density at radius 1 is 1.56 bits per heavy atom. The highest BCUT2D eigenvalue weighted by molar-refractivity contribution is 7.99. The first-order valence-electron chi connectivity index (χ1n) is 6.21. The number of nitrogen functional groups attached to an aromatic ring is 1. The number of anilines is 1. The van der Waals surface area contributed by atoms with E-state index in [1.165, 1.54) is 17.8 Å². The summed E-state index contributed by atoms with van der Waals surface area (Å²) in [6.07, 6.45) is 0.181. The summed E-state index contributed by atoms with van der Waals surface area (Å²) in [5.41, 5.74) is 5.98. The molecular formula is C13H19FN2OS. The Labute approximate surface area is 111 Å². The fourth-order valence-electron chi connectivity index (χ4n) is 1.99. The average Bonchev–Trinajstić information content (AvgIpc) is 2.38. The van der Waals surface area contributed by atoms with Gasteiger partial charge >= 0.3 is 0 Å². The molecule has 2 N–H and O–H groups in total. The molecule has 1 atom stereocenters. The minimum Gasteiger partial charge on any atom is -0.399 e. The lowest BCUT2D eigenvalue weighted by Gasteiger charge is -2.31. The van der Waals surface area contributed by atoms with Gasteiger partial charge in [-0.05, 0) is 24.7 Å². The van der Waals surface area contributed by atoms with Crippen molar-refractivity contribution < 1.29 is 9.13 Å². The maximum atomic E-state index is 13.6. The average molecular weight is 270 g/mol. The van der Waals surface area contributed by atoms with Crippen molar-refractivity contribution in [2.75, 3.05) is 37.7 Å². The zero-order chi connectivity index (χ0) is 13.0. The van der Waals surface area contributed by atoms with Crippen LogP contribution in [-0.4, -0.2) is 43.0 Å². The van der Waals surface area contributed by atoms with Crippen LogP contribution >= 0.6 is 11.8 Å². The number of hydrogen-bond donors (Lipinski definition) is 1. The molecule has 1 aliphatic heterocycles. The Bertz CT molecular complexity index is 403. The van der Waals surface area contributed by atoms with Gasteiger partial charge in [0.2, 0.25) is 0 Å². The molecule has 0 radical (unpaired) electrons. The van der Waals surface area contributed by atoms with E-state index < -0.39 is 0 Å². The molecule has 1 unspecified atom stereocenters. The van der Waals surface area contributed by atoms with Crippen LogP contribution in [0.25, 0.3) is 0 Å². The van der Waals surface area contributed by atoms with Crippen molar-refractivity contribution in [1.29, 1.82) is 0 Å². The Hall–Kier alpha value is -0.780. The van der Waals surface area contributed by atoms with Crippen LogP contribution in [-0.2, 0) is 4.74 Å². The largest absolute Gasteiger partial charge is 0.399 e. The van der Waals surface area contributed by atoms with Crippen LogP contribution in [0, 0.1) is 5.82 Å². The number of halogens is 1. The number of benzene rings is 1. The number of morpholine rings is 1. The molecule has 18 heavy (non-hydrogen) atoms. The molecule has 1 heterocycles. The topological polar surface area (TPSA) is 38.5 Å². The van der Waals surface area contributed by atoms with E-state index in [2.05, 4.69) is 11.8 Å².